The van der Waals surface area contributed by atoms with Crippen LogP contribution in [0.2, 0.25) is 5.02 Å². The third-order valence-electron chi connectivity index (χ3n) is 7.65. The van der Waals surface area contributed by atoms with Gasteiger partial charge >= 0.3 is 0 Å². The van der Waals surface area contributed by atoms with Crippen LogP contribution in [0, 0.1) is 30.4 Å². The van der Waals surface area contributed by atoms with Crippen molar-refractivity contribution in [2.75, 3.05) is 45.2 Å². The average molecular weight is 506 g/mol. The number of aryl methyl sites for hydroxylation is 1. The summed E-state index contributed by atoms with van der Waals surface area (Å²) in [6.45, 7) is 4.45. The molecule has 0 aliphatic carbocycles. The zero-order chi connectivity index (χ0) is 25.3. The number of aliphatic hydroxyl groups excluding tert-OH is 1. The molecule has 8 heteroatoms. The molecule has 2 aliphatic heterocycles. The standard InChI is InChI=1S/C27H34ClF2N3O2/c1-17-4-7-23(29)24(25(17)30)27(35)33-14-10-19(11-15-33)18-8-12-32(13-9-18)20-5-6-21(22(28)16-20)26(34)31(2)3/h4-7,16,18-19,26,34H,8-15H2,1-3H3. The number of rotatable bonds is 5. The Kier molecular flexibility index (Phi) is 7.99. The lowest BCUT2D eigenvalue weighted by molar-refractivity contribution is 0.0396. The van der Waals surface area contributed by atoms with Crippen molar-refractivity contribution in [3.05, 3.63) is 63.7 Å². The third kappa shape index (κ3) is 5.47. The van der Waals surface area contributed by atoms with Gasteiger partial charge in [0.05, 0.1) is 0 Å². The van der Waals surface area contributed by atoms with Crippen LogP contribution in [0.25, 0.3) is 0 Å². The highest BCUT2D eigenvalue weighted by Gasteiger charge is 2.33. The smallest absolute Gasteiger partial charge is 0.259 e. The number of anilines is 1. The molecular formula is C27H34ClF2N3O2. The Hall–Kier alpha value is -2.22. The van der Waals surface area contributed by atoms with E-state index in [0.29, 0.717) is 35.5 Å². The molecule has 0 saturated carbocycles. The summed E-state index contributed by atoms with van der Waals surface area (Å²) in [4.78, 5) is 18.4. The van der Waals surface area contributed by atoms with Crippen LogP contribution in [0.1, 0.15) is 53.4 Å². The summed E-state index contributed by atoms with van der Waals surface area (Å²) in [5, 5.41) is 10.8. The summed E-state index contributed by atoms with van der Waals surface area (Å²) in [6.07, 6.45) is 3.08. The predicted octanol–water partition coefficient (Wildman–Crippen LogP) is 5.25. The van der Waals surface area contributed by atoms with E-state index in [1.165, 1.54) is 6.07 Å². The quantitative estimate of drug-likeness (QED) is 0.564. The fraction of sp³-hybridized carbons (Fsp3) is 0.519. The van der Waals surface area contributed by atoms with Gasteiger partial charge in [-0.25, -0.2) is 8.78 Å². The SMILES string of the molecule is Cc1ccc(F)c(C(=O)N2CCC(C3CCN(c4ccc(C(O)N(C)C)c(Cl)c4)CC3)CC2)c1F. The number of halogens is 3. The van der Waals surface area contributed by atoms with E-state index in [1.807, 2.05) is 18.2 Å². The van der Waals surface area contributed by atoms with Crippen molar-refractivity contribution < 1.29 is 18.7 Å². The number of hydrogen-bond donors (Lipinski definition) is 1. The van der Waals surface area contributed by atoms with Crippen molar-refractivity contribution >= 4 is 23.2 Å². The second-order valence-corrected chi connectivity index (χ2v) is 10.5. The van der Waals surface area contributed by atoms with Crippen LogP contribution >= 0.6 is 11.6 Å². The van der Waals surface area contributed by atoms with Crippen molar-refractivity contribution in [2.45, 2.75) is 38.8 Å². The Morgan fingerprint density at radius 3 is 2.20 bits per heavy atom. The number of carbonyl (C=O) groups is 1. The highest BCUT2D eigenvalue weighted by molar-refractivity contribution is 6.31. The fourth-order valence-corrected chi connectivity index (χ4v) is 5.69. The number of nitrogens with zero attached hydrogens (tertiary/aromatic N) is 3. The number of amides is 1. The first-order valence-electron chi connectivity index (χ1n) is 12.3. The molecule has 2 fully saturated rings. The summed E-state index contributed by atoms with van der Waals surface area (Å²) in [5.41, 5.74) is 1.61. The lowest BCUT2D eigenvalue weighted by Crippen LogP contribution is -2.43. The first kappa shape index (κ1) is 25.9. The van der Waals surface area contributed by atoms with Crippen molar-refractivity contribution in [3.8, 4) is 0 Å². The minimum atomic E-state index is -0.794. The molecule has 0 radical (unpaired) electrons. The van der Waals surface area contributed by atoms with Gasteiger partial charge in [0.25, 0.3) is 5.91 Å². The van der Waals surface area contributed by atoms with Crippen LogP contribution in [0.5, 0.6) is 0 Å². The molecule has 0 bridgehead atoms. The lowest BCUT2D eigenvalue weighted by Gasteiger charge is -2.41. The van der Waals surface area contributed by atoms with E-state index >= 15 is 0 Å². The third-order valence-corrected chi connectivity index (χ3v) is 7.97. The van der Waals surface area contributed by atoms with E-state index in [-0.39, 0.29) is 5.56 Å². The zero-order valence-corrected chi connectivity index (χ0v) is 21.4. The Balaban J connectivity index is 1.31. The van der Waals surface area contributed by atoms with Crippen molar-refractivity contribution in [1.29, 1.82) is 0 Å². The number of piperidine rings is 2. The summed E-state index contributed by atoms with van der Waals surface area (Å²) >= 11 is 6.46. The topological polar surface area (TPSA) is 47.0 Å². The zero-order valence-electron chi connectivity index (χ0n) is 20.6. The Morgan fingerprint density at radius 1 is 1.03 bits per heavy atom. The Morgan fingerprint density at radius 2 is 1.63 bits per heavy atom. The predicted molar refractivity (Wildman–Crippen MR) is 135 cm³/mol. The summed E-state index contributed by atoms with van der Waals surface area (Å²) in [7, 11) is 3.61. The van der Waals surface area contributed by atoms with Crippen LogP contribution in [0.15, 0.2) is 30.3 Å². The number of carbonyl (C=O) groups excluding carboxylic acids is 1. The molecule has 0 spiro atoms. The van der Waals surface area contributed by atoms with Gasteiger partial charge in [-0.05, 0) is 82.3 Å². The van der Waals surface area contributed by atoms with Gasteiger partial charge in [-0.15, -0.1) is 0 Å². The van der Waals surface area contributed by atoms with E-state index in [9.17, 15) is 18.7 Å². The van der Waals surface area contributed by atoms with Gasteiger partial charge < -0.3 is 14.9 Å². The maximum Gasteiger partial charge on any atom is 0.259 e. The van der Waals surface area contributed by atoms with Gasteiger partial charge in [0.15, 0.2) is 0 Å². The first-order valence-corrected chi connectivity index (χ1v) is 12.7. The maximum atomic E-state index is 14.4. The minimum absolute atomic E-state index is 0.279. The summed E-state index contributed by atoms with van der Waals surface area (Å²) in [5.74, 6) is -1.02. The number of likely N-dealkylation sites (tertiary alicyclic amines) is 1. The molecule has 0 aromatic heterocycles. The van der Waals surface area contributed by atoms with Crippen molar-refractivity contribution in [3.63, 3.8) is 0 Å². The first-order chi connectivity index (χ1) is 16.7. The average Bonchev–Trinajstić information content (AvgIpc) is 2.86. The second kappa shape index (κ2) is 10.8. The Labute approximate surface area is 211 Å². The second-order valence-electron chi connectivity index (χ2n) is 10.1. The van der Waals surface area contributed by atoms with Gasteiger partial charge in [-0.3, -0.25) is 9.69 Å². The molecule has 1 N–H and O–H groups in total. The number of benzene rings is 2. The minimum Gasteiger partial charge on any atom is -0.374 e. The molecule has 1 unspecified atom stereocenters. The highest BCUT2D eigenvalue weighted by Crippen LogP contribution is 2.36. The normalized spacial score (nSPS) is 18.9. The number of aliphatic hydroxyl groups is 1. The van der Waals surface area contributed by atoms with Crippen LogP contribution in [0.3, 0.4) is 0 Å². The van der Waals surface area contributed by atoms with Gasteiger partial charge in [-0.2, -0.15) is 0 Å². The van der Waals surface area contributed by atoms with E-state index in [4.69, 9.17) is 11.6 Å². The molecule has 2 aromatic carbocycles. The maximum absolute atomic E-state index is 14.4. The Bertz CT molecular complexity index is 1060. The summed E-state index contributed by atoms with van der Waals surface area (Å²) in [6, 6.07) is 8.35. The fourth-order valence-electron chi connectivity index (χ4n) is 5.41. The van der Waals surface area contributed by atoms with E-state index in [0.717, 1.165) is 50.5 Å². The van der Waals surface area contributed by atoms with Crippen LogP contribution in [0.4, 0.5) is 14.5 Å². The molecular weight excluding hydrogens is 472 g/mol. The molecule has 1 amide bonds. The van der Waals surface area contributed by atoms with E-state index in [1.54, 1.807) is 30.8 Å². The molecule has 2 heterocycles. The van der Waals surface area contributed by atoms with Crippen LogP contribution < -0.4 is 4.90 Å². The number of hydrogen-bond acceptors (Lipinski definition) is 4. The largest absolute Gasteiger partial charge is 0.374 e. The van der Waals surface area contributed by atoms with Gasteiger partial charge in [0.1, 0.15) is 23.4 Å². The molecule has 1 atom stereocenters. The van der Waals surface area contributed by atoms with Gasteiger partial charge in [0.2, 0.25) is 0 Å². The highest BCUT2D eigenvalue weighted by atomic mass is 35.5. The molecule has 2 aliphatic rings. The van der Waals surface area contributed by atoms with Gasteiger partial charge in [-0.1, -0.05) is 23.7 Å². The van der Waals surface area contributed by atoms with Crippen molar-refractivity contribution in [2.24, 2.45) is 11.8 Å². The van der Waals surface area contributed by atoms with E-state index in [2.05, 4.69) is 4.90 Å². The van der Waals surface area contributed by atoms with Gasteiger partial charge in [0, 0.05) is 42.5 Å². The van der Waals surface area contributed by atoms with Crippen LogP contribution in [-0.2, 0) is 0 Å². The molecule has 190 valence electrons. The lowest BCUT2D eigenvalue weighted by atomic mass is 9.78. The summed E-state index contributed by atoms with van der Waals surface area (Å²) < 4.78 is 28.6. The molecule has 35 heavy (non-hydrogen) atoms. The van der Waals surface area contributed by atoms with Crippen LogP contribution in [-0.4, -0.2) is 61.1 Å². The monoisotopic (exact) mass is 505 g/mol. The molecule has 2 aromatic rings. The van der Waals surface area contributed by atoms with E-state index < -0.39 is 29.3 Å². The molecule has 5 nitrogen and oxygen atoms in total. The molecule has 2 saturated heterocycles. The van der Waals surface area contributed by atoms with Crippen molar-refractivity contribution in [1.82, 2.24) is 9.80 Å². The molecule has 4 rings (SSSR count).